The summed E-state index contributed by atoms with van der Waals surface area (Å²) in [7, 11) is 2.72. The van der Waals surface area contributed by atoms with Crippen LogP contribution in [0.25, 0.3) is 0 Å². The number of benzene rings is 2. The highest BCUT2D eigenvalue weighted by atomic mass is 19.1. The lowest BCUT2D eigenvalue weighted by Crippen LogP contribution is -2.22. The molecule has 0 radical (unpaired) electrons. The minimum absolute atomic E-state index is 0.227. The van der Waals surface area contributed by atoms with Crippen LogP contribution >= 0.6 is 0 Å². The predicted molar refractivity (Wildman–Crippen MR) is 88.3 cm³/mol. The number of hydrogen-bond donors (Lipinski definition) is 2. The first-order valence-corrected chi connectivity index (χ1v) is 7.27. The molecule has 0 aliphatic rings. The van der Waals surface area contributed by atoms with Crippen LogP contribution in [-0.4, -0.2) is 42.4 Å². The highest BCUT2D eigenvalue weighted by Gasteiger charge is 2.17. The van der Waals surface area contributed by atoms with E-state index in [2.05, 4.69) is 5.10 Å². The van der Waals surface area contributed by atoms with E-state index in [9.17, 15) is 18.4 Å². The van der Waals surface area contributed by atoms with Gasteiger partial charge in [0.1, 0.15) is 17.4 Å². The molecule has 0 saturated heterocycles. The van der Waals surface area contributed by atoms with Gasteiger partial charge in [0.05, 0.1) is 24.5 Å². The molecule has 9 heteroatoms. The van der Waals surface area contributed by atoms with Crippen molar-refractivity contribution in [2.45, 2.75) is 0 Å². The molecule has 0 unspecified atom stereocenters. The Morgan fingerprint density at radius 3 is 2.42 bits per heavy atom. The Balaban J connectivity index is 2.26. The van der Waals surface area contributed by atoms with Crippen LogP contribution in [-0.2, 0) is 0 Å². The molecule has 0 fully saturated rings. The van der Waals surface area contributed by atoms with Crippen LogP contribution in [0.5, 0.6) is 5.75 Å². The van der Waals surface area contributed by atoms with Crippen LogP contribution in [0.2, 0.25) is 0 Å². The first-order chi connectivity index (χ1) is 12.4. The van der Waals surface area contributed by atoms with Gasteiger partial charge in [0.15, 0.2) is 0 Å². The summed E-state index contributed by atoms with van der Waals surface area (Å²) in [5.74, 6) is -3.43. The number of para-hydroxylation sites is 1. The lowest BCUT2D eigenvalue weighted by molar-refractivity contribution is 0.0705. The van der Waals surface area contributed by atoms with Crippen LogP contribution in [0.4, 0.5) is 8.78 Å². The van der Waals surface area contributed by atoms with Crippen molar-refractivity contribution in [3.05, 3.63) is 64.7 Å². The Hall–Kier alpha value is -3.33. The Kier molecular flexibility index (Phi) is 5.97. The lowest BCUT2D eigenvalue weighted by atomic mass is 10.1. The van der Waals surface area contributed by atoms with Crippen molar-refractivity contribution >= 4 is 18.0 Å². The van der Waals surface area contributed by atoms with Gasteiger partial charge in [-0.3, -0.25) is 14.8 Å². The average molecular weight is 363 g/mol. The molecule has 2 aromatic rings. The number of carbonyl (C=O) groups excluding carboxylic acids is 2. The van der Waals surface area contributed by atoms with Crippen molar-refractivity contribution in [1.82, 2.24) is 10.5 Å². The summed E-state index contributed by atoms with van der Waals surface area (Å²) in [6, 6.07) is 7.91. The van der Waals surface area contributed by atoms with Gasteiger partial charge in [-0.15, -0.1) is 0 Å². The molecule has 2 N–H and O–H groups in total. The molecule has 2 aromatic carbocycles. The Bertz CT molecular complexity index is 848. The third-order valence-electron chi connectivity index (χ3n) is 3.43. The molecule has 26 heavy (non-hydrogen) atoms. The molecule has 136 valence electrons. The number of hydrazone groups is 1. The zero-order valence-electron chi connectivity index (χ0n) is 13.9. The standard InChI is InChI=1S/C17H15F2N3O4/c1-22(17(24)11-5-3-4-6-15(11)26-2)20-9-12-13(18)7-10(8-14(12)19)16(23)21-25/h3-9,25H,1-2H3,(H,21,23)/b20-9+. The fourth-order valence-corrected chi connectivity index (χ4v) is 2.10. The third-order valence-corrected chi connectivity index (χ3v) is 3.43. The number of ether oxygens (including phenoxy) is 1. The maximum atomic E-state index is 14.0. The van der Waals surface area contributed by atoms with Gasteiger partial charge in [-0.1, -0.05) is 12.1 Å². The smallest absolute Gasteiger partial charge is 0.277 e. The van der Waals surface area contributed by atoms with E-state index in [0.717, 1.165) is 23.4 Å². The van der Waals surface area contributed by atoms with E-state index in [1.165, 1.54) is 25.7 Å². The zero-order valence-corrected chi connectivity index (χ0v) is 13.9. The highest BCUT2D eigenvalue weighted by molar-refractivity contribution is 5.97. The summed E-state index contributed by atoms with van der Waals surface area (Å²) >= 11 is 0. The number of rotatable bonds is 5. The lowest BCUT2D eigenvalue weighted by Gasteiger charge is -2.13. The quantitative estimate of drug-likeness (QED) is 0.484. The maximum absolute atomic E-state index is 14.0. The summed E-state index contributed by atoms with van der Waals surface area (Å²) in [4.78, 5) is 23.6. The second-order valence-corrected chi connectivity index (χ2v) is 5.07. The van der Waals surface area contributed by atoms with E-state index in [1.807, 2.05) is 0 Å². The second-order valence-electron chi connectivity index (χ2n) is 5.07. The largest absolute Gasteiger partial charge is 0.496 e. The van der Waals surface area contributed by atoms with Gasteiger partial charge in [-0.2, -0.15) is 5.10 Å². The summed E-state index contributed by atoms with van der Waals surface area (Å²) in [6.07, 6.45) is 0.818. The van der Waals surface area contributed by atoms with Crippen molar-refractivity contribution in [3.8, 4) is 5.75 Å². The second kappa shape index (κ2) is 8.17. The Morgan fingerprint density at radius 2 is 1.85 bits per heavy atom. The molecule has 2 rings (SSSR count). The van der Waals surface area contributed by atoms with E-state index < -0.39 is 34.6 Å². The molecule has 2 amide bonds. The van der Waals surface area contributed by atoms with Gasteiger partial charge in [0, 0.05) is 12.6 Å². The molecule has 0 aliphatic heterocycles. The minimum atomic E-state index is -1.08. The number of amides is 2. The molecule has 0 spiro atoms. The first kappa shape index (κ1) is 19.0. The van der Waals surface area contributed by atoms with Gasteiger partial charge >= 0.3 is 0 Å². The number of nitrogens with zero attached hydrogens (tertiary/aromatic N) is 2. The van der Waals surface area contributed by atoms with Crippen molar-refractivity contribution in [2.75, 3.05) is 14.2 Å². The summed E-state index contributed by atoms with van der Waals surface area (Å²) in [5.41, 5.74) is 0.559. The van der Waals surface area contributed by atoms with Crippen LogP contribution in [0.1, 0.15) is 26.3 Å². The maximum Gasteiger partial charge on any atom is 0.277 e. The van der Waals surface area contributed by atoms with E-state index in [1.54, 1.807) is 18.2 Å². The highest BCUT2D eigenvalue weighted by Crippen LogP contribution is 2.19. The number of hydroxylamine groups is 1. The Morgan fingerprint density at radius 1 is 1.23 bits per heavy atom. The number of hydrogen-bond acceptors (Lipinski definition) is 5. The van der Waals surface area contributed by atoms with Crippen molar-refractivity contribution in [3.63, 3.8) is 0 Å². The van der Waals surface area contributed by atoms with E-state index in [4.69, 9.17) is 9.94 Å². The van der Waals surface area contributed by atoms with Gasteiger partial charge in [0.2, 0.25) is 0 Å². The van der Waals surface area contributed by atoms with Crippen LogP contribution < -0.4 is 10.2 Å². The molecule has 0 bridgehead atoms. The van der Waals surface area contributed by atoms with E-state index >= 15 is 0 Å². The molecule has 7 nitrogen and oxygen atoms in total. The molecule has 0 aromatic heterocycles. The fraction of sp³-hybridized carbons (Fsp3) is 0.118. The normalized spacial score (nSPS) is 10.7. The van der Waals surface area contributed by atoms with Crippen molar-refractivity contribution < 1.29 is 28.3 Å². The summed E-state index contributed by atoms with van der Waals surface area (Å²) < 4.78 is 33.1. The SMILES string of the molecule is COc1ccccc1C(=O)N(C)/N=C/c1c(F)cc(C(=O)NO)cc1F. The predicted octanol–water partition coefficient (Wildman–Crippen LogP) is 2.20. The molecule has 0 saturated carbocycles. The molecule has 0 aliphatic carbocycles. The zero-order chi connectivity index (χ0) is 19.3. The number of carbonyl (C=O) groups is 2. The number of halogens is 2. The van der Waals surface area contributed by atoms with Gasteiger partial charge in [-0.05, 0) is 24.3 Å². The average Bonchev–Trinajstić information content (AvgIpc) is 2.65. The topological polar surface area (TPSA) is 91.2 Å². The summed E-state index contributed by atoms with van der Waals surface area (Å²) in [6.45, 7) is 0. The third kappa shape index (κ3) is 4.01. The van der Waals surface area contributed by atoms with E-state index in [-0.39, 0.29) is 5.56 Å². The van der Waals surface area contributed by atoms with Crippen LogP contribution in [0, 0.1) is 11.6 Å². The van der Waals surface area contributed by atoms with Crippen LogP contribution in [0.3, 0.4) is 0 Å². The van der Waals surface area contributed by atoms with Gasteiger partial charge in [-0.25, -0.2) is 19.3 Å². The van der Waals surface area contributed by atoms with E-state index in [0.29, 0.717) is 5.75 Å². The first-order valence-electron chi connectivity index (χ1n) is 7.27. The molecule has 0 heterocycles. The van der Waals surface area contributed by atoms with Crippen molar-refractivity contribution in [2.24, 2.45) is 5.10 Å². The van der Waals surface area contributed by atoms with Gasteiger partial charge in [0.25, 0.3) is 11.8 Å². The van der Waals surface area contributed by atoms with Crippen LogP contribution in [0.15, 0.2) is 41.5 Å². The molecular weight excluding hydrogens is 348 g/mol. The molecular formula is C17H15F2N3O4. The monoisotopic (exact) mass is 363 g/mol. The van der Waals surface area contributed by atoms with Crippen molar-refractivity contribution in [1.29, 1.82) is 0 Å². The molecule has 0 atom stereocenters. The number of methoxy groups -OCH3 is 1. The fourth-order valence-electron chi connectivity index (χ4n) is 2.10. The number of nitrogens with one attached hydrogen (secondary N) is 1. The summed E-state index contributed by atoms with van der Waals surface area (Å²) in [5, 5.41) is 13.1. The Labute approximate surface area is 147 Å². The van der Waals surface area contributed by atoms with Gasteiger partial charge < -0.3 is 4.74 Å². The minimum Gasteiger partial charge on any atom is -0.496 e.